The standard InChI is InChI=1S/C12H13ClIN3S/c1-3-15-7(2)11-16-17-12(18-11)9-6-8(13)4-5-10(9)14/h4-7,15H,3H2,1-2H3. The molecule has 0 amide bonds. The lowest BCUT2D eigenvalue weighted by Gasteiger charge is -2.06. The molecule has 1 heterocycles. The Morgan fingerprint density at radius 2 is 2.22 bits per heavy atom. The molecule has 6 heteroatoms. The molecular formula is C12H13ClIN3S. The number of rotatable bonds is 4. The van der Waals surface area contributed by atoms with E-state index in [-0.39, 0.29) is 6.04 Å². The molecule has 0 radical (unpaired) electrons. The lowest BCUT2D eigenvalue weighted by molar-refractivity contribution is 0.590. The average Bonchev–Trinajstić information content (AvgIpc) is 2.82. The van der Waals surface area contributed by atoms with Crippen molar-refractivity contribution in [3.05, 3.63) is 31.8 Å². The maximum Gasteiger partial charge on any atom is 0.148 e. The maximum absolute atomic E-state index is 6.03. The number of hydrogen-bond acceptors (Lipinski definition) is 4. The van der Waals surface area contributed by atoms with E-state index in [0.717, 1.165) is 30.7 Å². The summed E-state index contributed by atoms with van der Waals surface area (Å²) >= 11 is 9.92. The van der Waals surface area contributed by atoms with Crippen LogP contribution in [0.2, 0.25) is 5.02 Å². The predicted molar refractivity (Wildman–Crippen MR) is 85.2 cm³/mol. The summed E-state index contributed by atoms with van der Waals surface area (Å²) in [6.07, 6.45) is 0. The number of halogens is 2. The highest BCUT2D eigenvalue weighted by Gasteiger charge is 2.14. The maximum atomic E-state index is 6.03. The molecule has 1 N–H and O–H groups in total. The van der Waals surface area contributed by atoms with Crippen molar-refractivity contribution in [2.45, 2.75) is 19.9 Å². The van der Waals surface area contributed by atoms with E-state index in [4.69, 9.17) is 11.6 Å². The minimum Gasteiger partial charge on any atom is -0.308 e. The van der Waals surface area contributed by atoms with E-state index < -0.39 is 0 Å². The van der Waals surface area contributed by atoms with Crippen LogP contribution in [0.3, 0.4) is 0 Å². The summed E-state index contributed by atoms with van der Waals surface area (Å²) in [4.78, 5) is 0. The van der Waals surface area contributed by atoms with Crippen LogP contribution in [-0.4, -0.2) is 16.7 Å². The fraction of sp³-hybridized carbons (Fsp3) is 0.333. The highest BCUT2D eigenvalue weighted by atomic mass is 127. The minimum absolute atomic E-state index is 0.234. The van der Waals surface area contributed by atoms with Crippen LogP contribution in [0.1, 0.15) is 24.9 Å². The van der Waals surface area contributed by atoms with Crippen LogP contribution in [0.5, 0.6) is 0 Å². The Morgan fingerprint density at radius 1 is 1.44 bits per heavy atom. The third-order valence-corrected chi connectivity index (χ3v) is 4.80. The zero-order valence-corrected chi connectivity index (χ0v) is 13.8. The second kappa shape index (κ2) is 6.27. The van der Waals surface area contributed by atoms with Crippen molar-refractivity contribution in [2.75, 3.05) is 6.54 Å². The molecule has 96 valence electrons. The first-order chi connectivity index (χ1) is 8.61. The Balaban J connectivity index is 2.32. The van der Waals surface area contributed by atoms with Crippen LogP contribution >= 0.6 is 45.5 Å². The van der Waals surface area contributed by atoms with Gasteiger partial charge in [0.15, 0.2) is 0 Å². The summed E-state index contributed by atoms with van der Waals surface area (Å²) in [7, 11) is 0. The third kappa shape index (κ3) is 3.20. The zero-order chi connectivity index (χ0) is 13.1. The van der Waals surface area contributed by atoms with Crippen molar-refractivity contribution < 1.29 is 0 Å². The van der Waals surface area contributed by atoms with Gasteiger partial charge in [0.05, 0.1) is 6.04 Å². The Hall–Kier alpha value is -0.240. The van der Waals surface area contributed by atoms with Crippen LogP contribution in [0.15, 0.2) is 18.2 Å². The normalized spacial score (nSPS) is 12.7. The average molecular weight is 394 g/mol. The number of benzene rings is 1. The molecule has 18 heavy (non-hydrogen) atoms. The second-order valence-electron chi connectivity index (χ2n) is 3.85. The monoisotopic (exact) mass is 393 g/mol. The van der Waals surface area contributed by atoms with Crippen LogP contribution in [0.4, 0.5) is 0 Å². The largest absolute Gasteiger partial charge is 0.308 e. The summed E-state index contributed by atoms with van der Waals surface area (Å²) < 4.78 is 1.14. The molecule has 0 aliphatic carbocycles. The molecule has 2 rings (SSSR count). The SMILES string of the molecule is CCNC(C)c1nnc(-c2cc(Cl)ccc2I)s1. The summed E-state index contributed by atoms with van der Waals surface area (Å²) in [6, 6.07) is 6.05. The summed E-state index contributed by atoms with van der Waals surface area (Å²) in [5, 5.41) is 14.5. The van der Waals surface area contributed by atoms with Gasteiger partial charge < -0.3 is 5.32 Å². The Kier molecular flexibility index (Phi) is 4.94. The predicted octanol–water partition coefficient (Wildman–Crippen LogP) is 4.13. The number of nitrogens with zero attached hydrogens (tertiary/aromatic N) is 2. The molecule has 1 aromatic carbocycles. The molecule has 0 spiro atoms. The summed E-state index contributed by atoms with van der Waals surface area (Å²) in [6.45, 7) is 5.10. The van der Waals surface area contributed by atoms with E-state index in [0.29, 0.717) is 0 Å². The molecule has 1 unspecified atom stereocenters. The molecule has 1 aromatic heterocycles. The van der Waals surface area contributed by atoms with Gasteiger partial charge in [-0.25, -0.2) is 0 Å². The summed E-state index contributed by atoms with van der Waals surface area (Å²) in [5.74, 6) is 0. The van der Waals surface area contributed by atoms with Gasteiger partial charge >= 0.3 is 0 Å². The van der Waals surface area contributed by atoms with Gasteiger partial charge in [-0.15, -0.1) is 10.2 Å². The van der Waals surface area contributed by atoms with Crippen LogP contribution in [-0.2, 0) is 0 Å². The molecule has 0 aliphatic heterocycles. The number of aromatic nitrogens is 2. The molecule has 2 aromatic rings. The van der Waals surface area contributed by atoms with Crippen molar-refractivity contribution in [2.24, 2.45) is 0 Å². The van der Waals surface area contributed by atoms with Crippen molar-refractivity contribution in [3.63, 3.8) is 0 Å². The van der Waals surface area contributed by atoms with Gasteiger partial charge in [-0.3, -0.25) is 0 Å². The lowest BCUT2D eigenvalue weighted by atomic mass is 10.2. The molecule has 0 aliphatic rings. The van der Waals surface area contributed by atoms with Gasteiger partial charge in [-0.05, 0) is 54.3 Å². The smallest absolute Gasteiger partial charge is 0.148 e. The van der Waals surface area contributed by atoms with E-state index in [1.807, 2.05) is 18.2 Å². The highest BCUT2D eigenvalue weighted by Crippen LogP contribution is 2.31. The van der Waals surface area contributed by atoms with E-state index in [2.05, 4.69) is 52.0 Å². The molecule has 0 bridgehead atoms. The summed E-state index contributed by atoms with van der Waals surface area (Å²) in [5.41, 5.74) is 1.05. The van der Waals surface area contributed by atoms with E-state index in [9.17, 15) is 0 Å². The fourth-order valence-corrected chi connectivity index (χ4v) is 3.42. The van der Waals surface area contributed by atoms with Crippen molar-refractivity contribution in [3.8, 4) is 10.6 Å². The van der Waals surface area contributed by atoms with Crippen molar-refractivity contribution >= 4 is 45.5 Å². The van der Waals surface area contributed by atoms with Crippen LogP contribution in [0, 0.1) is 3.57 Å². The molecule has 1 atom stereocenters. The molecule has 0 saturated carbocycles. The minimum atomic E-state index is 0.234. The molecule has 3 nitrogen and oxygen atoms in total. The molecule has 0 saturated heterocycles. The number of nitrogens with one attached hydrogen (secondary N) is 1. The Labute approximate surface area is 129 Å². The van der Waals surface area contributed by atoms with Gasteiger partial charge in [0, 0.05) is 14.2 Å². The van der Waals surface area contributed by atoms with E-state index in [1.54, 1.807) is 11.3 Å². The fourth-order valence-electron chi connectivity index (χ4n) is 1.57. The second-order valence-corrected chi connectivity index (χ2v) is 6.46. The first-order valence-corrected chi connectivity index (χ1v) is 7.91. The van der Waals surface area contributed by atoms with Gasteiger partial charge in [-0.2, -0.15) is 0 Å². The van der Waals surface area contributed by atoms with Crippen molar-refractivity contribution in [1.29, 1.82) is 0 Å². The van der Waals surface area contributed by atoms with Crippen molar-refractivity contribution in [1.82, 2.24) is 15.5 Å². The van der Waals surface area contributed by atoms with Crippen LogP contribution < -0.4 is 5.32 Å². The zero-order valence-electron chi connectivity index (χ0n) is 10.1. The Bertz CT molecular complexity index is 544. The van der Waals surface area contributed by atoms with Gasteiger partial charge in [0.2, 0.25) is 0 Å². The Morgan fingerprint density at radius 3 is 2.94 bits per heavy atom. The number of hydrogen-bond donors (Lipinski definition) is 1. The van der Waals surface area contributed by atoms with Gasteiger partial charge in [0.25, 0.3) is 0 Å². The first-order valence-electron chi connectivity index (χ1n) is 5.64. The van der Waals surface area contributed by atoms with E-state index in [1.165, 1.54) is 0 Å². The lowest BCUT2D eigenvalue weighted by Crippen LogP contribution is -2.17. The quantitative estimate of drug-likeness (QED) is 0.794. The highest BCUT2D eigenvalue weighted by molar-refractivity contribution is 14.1. The molecular weight excluding hydrogens is 381 g/mol. The van der Waals surface area contributed by atoms with E-state index >= 15 is 0 Å². The first kappa shape index (κ1) is 14.2. The van der Waals surface area contributed by atoms with Gasteiger partial charge in [0.1, 0.15) is 10.0 Å². The third-order valence-electron chi connectivity index (χ3n) is 2.48. The molecule has 0 fully saturated rings. The topological polar surface area (TPSA) is 37.8 Å². The van der Waals surface area contributed by atoms with Gasteiger partial charge in [-0.1, -0.05) is 29.9 Å². The van der Waals surface area contributed by atoms with Crippen LogP contribution in [0.25, 0.3) is 10.6 Å².